The van der Waals surface area contributed by atoms with Crippen LogP contribution < -0.4 is 5.32 Å². The Hall–Kier alpha value is -0.160. The normalized spacial score (nSPS) is 32.4. The molecule has 2 N–H and O–H groups in total. The van der Waals surface area contributed by atoms with Crippen LogP contribution in [0, 0.1) is 0 Å². The van der Waals surface area contributed by atoms with Crippen LogP contribution in [0.15, 0.2) is 0 Å². The molecule has 2 atom stereocenters. The van der Waals surface area contributed by atoms with Crippen molar-refractivity contribution in [3.8, 4) is 0 Å². The summed E-state index contributed by atoms with van der Waals surface area (Å²) in [4.78, 5) is 5.28. The van der Waals surface area contributed by atoms with E-state index in [1.165, 1.54) is 52.0 Å². The molecule has 1 heterocycles. The zero-order valence-corrected chi connectivity index (χ0v) is 14.1. The molecule has 2 aliphatic rings. The molecule has 0 amide bonds. The van der Waals surface area contributed by atoms with E-state index in [1.807, 2.05) is 0 Å². The van der Waals surface area contributed by atoms with Crippen LogP contribution in [0.3, 0.4) is 0 Å². The molecule has 0 aromatic rings. The summed E-state index contributed by atoms with van der Waals surface area (Å²) in [5, 5.41) is 13.6. The molecule has 1 saturated heterocycles. The van der Waals surface area contributed by atoms with Gasteiger partial charge < -0.3 is 15.3 Å². The van der Waals surface area contributed by atoms with Crippen molar-refractivity contribution in [1.82, 2.24) is 15.1 Å². The second-order valence-corrected chi connectivity index (χ2v) is 6.99. The van der Waals surface area contributed by atoms with Crippen LogP contribution in [0.5, 0.6) is 0 Å². The van der Waals surface area contributed by atoms with Crippen LogP contribution in [-0.2, 0) is 0 Å². The number of hydrogen-bond acceptors (Lipinski definition) is 4. The van der Waals surface area contributed by atoms with Crippen LogP contribution in [0.2, 0.25) is 0 Å². The minimum Gasteiger partial charge on any atom is -0.394 e. The summed E-state index contributed by atoms with van der Waals surface area (Å²) in [5.41, 5.74) is -0.0144. The van der Waals surface area contributed by atoms with E-state index in [1.54, 1.807) is 0 Å². The van der Waals surface area contributed by atoms with Crippen LogP contribution >= 0.6 is 0 Å². The topological polar surface area (TPSA) is 38.7 Å². The summed E-state index contributed by atoms with van der Waals surface area (Å²) in [6.07, 6.45) is 7.22. The van der Waals surface area contributed by atoms with Gasteiger partial charge in [0.25, 0.3) is 0 Å². The lowest BCUT2D eigenvalue weighted by atomic mass is 9.78. The monoisotopic (exact) mass is 297 g/mol. The zero-order valence-electron chi connectivity index (χ0n) is 14.1. The molecule has 1 aliphatic carbocycles. The van der Waals surface area contributed by atoms with E-state index in [0.717, 1.165) is 25.8 Å². The van der Waals surface area contributed by atoms with Gasteiger partial charge in [0, 0.05) is 37.8 Å². The van der Waals surface area contributed by atoms with E-state index < -0.39 is 0 Å². The lowest BCUT2D eigenvalue weighted by molar-refractivity contribution is 0.0326. The smallest absolute Gasteiger partial charge is 0.0613 e. The Morgan fingerprint density at radius 2 is 1.90 bits per heavy atom. The first-order valence-electron chi connectivity index (χ1n) is 9.05. The van der Waals surface area contributed by atoms with Crippen LogP contribution in [0.25, 0.3) is 0 Å². The first-order valence-corrected chi connectivity index (χ1v) is 9.05. The molecule has 2 rings (SSSR count). The molecule has 4 nitrogen and oxygen atoms in total. The second kappa shape index (κ2) is 8.47. The highest BCUT2D eigenvalue weighted by atomic mass is 16.3. The van der Waals surface area contributed by atoms with E-state index in [2.05, 4.69) is 29.0 Å². The summed E-state index contributed by atoms with van der Waals surface area (Å²) < 4.78 is 0. The minimum absolute atomic E-state index is 0.0144. The van der Waals surface area contributed by atoms with E-state index in [9.17, 15) is 5.11 Å². The molecule has 0 aromatic heterocycles. The first-order chi connectivity index (χ1) is 10.2. The largest absolute Gasteiger partial charge is 0.394 e. The molecule has 0 spiro atoms. The third-order valence-corrected chi connectivity index (χ3v) is 5.33. The second-order valence-electron chi connectivity index (χ2n) is 6.99. The van der Waals surface area contributed by atoms with E-state index >= 15 is 0 Å². The first kappa shape index (κ1) is 17.2. The van der Waals surface area contributed by atoms with Gasteiger partial charge in [0.05, 0.1) is 6.61 Å². The predicted molar refractivity (Wildman–Crippen MR) is 88.7 cm³/mol. The van der Waals surface area contributed by atoms with Gasteiger partial charge in [-0.3, -0.25) is 4.90 Å². The molecular formula is C17H35N3O. The Bertz CT molecular complexity index is 292. The Labute approximate surface area is 130 Å². The number of hydrogen-bond donors (Lipinski definition) is 2. The number of aliphatic hydroxyl groups excluding tert-OH is 1. The number of aliphatic hydroxyl groups is 1. The Kier molecular flexibility index (Phi) is 6.93. The van der Waals surface area contributed by atoms with Crippen LogP contribution in [0.1, 0.15) is 52.4 Å². The SMILES string of the molecule is CCCNC1(CO)CCCC(N2CCN(CCC)CC2)C1. The van der Waals surface area contributed by atoms with E-state index in [4.69, 9.17) is 0 Å². The van der Waals surface area contributed by atoms with Gasteiger partial charge in [-0.05, 0) is 51.6 Å². The maximum Gasteiger partial charge on any atom is 0.0613 e. The fraction of sp³-hybridized carbons (Fsp3) is 1.00. The fourth-order valence-corrected chi connectivity index (χ4v) is 4.06. The maximum atomic E-state index is 9.91. The number of piperazine rings is 1. The van der Waals surface area contributed by atoms with Crippen molar-refractivity contribution in [3.05, 3.63) is 0 Å². The fourth-order valence-electron chi connectivity index (χ4n) is 4.06. The van der Waals surface area contributed by atoms with E-state index in [-0.39, 0.29) is 5.54 Å². The molecule has 124 valence electrons. The van der Waals surface area contributed by atoms with Gasteiger partial charge in [0.15, 0.2) is 0 Å². The van der Waals surface area contributed by atoms with Crippen LogP contribution in [0.4, 0.5) is 0 Å². The highest BCUT2D eigenvalue weighted by molar-refractivity contribution is 4.97. The lowest BCUT2D eigenvalue weighted by Gasteiger charge is -2.47. The van der Waals surface area contributed by atoms with Gasteiger partial charge in [-0.1, -0.05) is 13.8 Å². The third-order valence-electron chi connectivity index (χ3n) is 5.33. The van der Waals surface area contributed by atoms with E-state index in [0.29, 0.717) is 12.6 Å². The molecule has 1 aliphatic heterocycles. The molecule has 2 unspecified atom stereocenters. The van der Waals surface area contributed by atoms with Crippen molar-refractivity contribution in [2.24, 2.45) is 0 Å². The summed E-state index contributed by atoms with van der Waals surface area (Å²) in [7, 11) is 0. The molecule has 0 bridgehead atoms. The minimum atomic E-state index is -0.0144. The van der Waals surface area contributed by atoms with Gasteiger partial charge in [-0.15, -0.1) is 0 Å². The summed E-state index contributed by atoms with van der Waals surface area (Å²) in [5.74, 6) is 0. The highest BCUT2D eigenvalue weighted by Gasteiger charge is 2.38. The van der Waals surface area contributed by atoms with Crippen molar-refractivity contribution < 1.29 is 5.11 Å². The van der Waals surface area contributed by atoms with Crippen molar-refractivity contribution in [2.75, 3.05) is 45.9 Å². The Morgan fingerprint density at radius 1 is 1.14 bits per heavy atom. The summed E-state index contributed by atoms with van der Waals surface area (Å²) in [6, 6.07) is 0.666. The molecule has 1 saturated carbocycles. The van der Waals surface area contributed by atoms with Gasteiger partial charge in [-0.2, -0.15) is 0 Å². The standard InChI is InChI=1S/C17H35N3O/c1-3-8-18-17(15-21)7-5-6-16(14-17)20-12-10-19(9-4-2)11-13-20/h16,18,21H,3-15H2,1-2H3. The maximum absolute atomic E-state index is 9.91. The number of nitrogens with zero attached hydrogens (tertiary/aromatic N) is 2. The van der Waals surface area contributed by atoms with Crippen molar-refractivity contribution in [1.29, 1.82) is 0 Å². The van der Waals surface area contributed by atoms with Crippen molar-refractivity contribution >= 4 is 0 Å². The number of rotatable bonds is 7. The molecule has 21 heavy (non-hydrogen) atoms. The quantitative estimate of drug-likeness (QED) is 0.750. The van der Waals surface area contributed by atoms with Gasteiger partial charge >= 0.3 is 0 Å². The zero-order chi connectivity index (χ0) is 15.1. The summed E-state index contributed by atoms with van der Waals surface area (Å²) in [6.45, 7) is 11.9. The van der Waals surface area contributed by atoms with Gasteiger partial charge in [-0.25, -0.2) is 0 Å². The average Bonchev–Trinajstić information content (AvgIpc) is 2.54. The summed E-state index contributed by atoms with van der Waals surface area (Å²) >= 11 is 0. The van der Waals surface area contributed by atoms with Gasteiger partial charge in [0.1, 0.15) is 0 Å². The average molecular weight is 297 g/mol. The number of nitrogens with one attached hydrogen (secondary N) is 1. The molecule has 0 radical (unpaired) electrons. The molecule has 2 fully saturated rings. The Morgan fingerprint density at radius 3 is 2.52 bits per heavy atom. The molecular weight excluding hydrogens is 262 g/mol. The third kappa shape index (κ3) is 4.65. The molecule has 4 heteroatoms. The van der Waals surface area contributed by atoms with Crippen molar-refractivity contribution in [3.63, 3.8) is 0 Å². The van der Waals surface area contributed by atoms with Crippen LogP contribution in [-0.4, -0.2) is 72.4 Å². The lowest BCUT2D eigenvalue weighted by Crippen LogP contribution is -2.58. The van der Waals surface area contributed by atoms with Crippen molar-refractivity contribution in [2.45, 2.75) is 64.0 Å². The highest BCUT2D eigenvalue weighted by Crippen LogP contribution is 2.31. The Balaban J connectivity index is 1.86. The van der Waals surface area contributed by atoms with Gasteiger partial charge in [0.2, 0.25) is 0 Å². The predicted octanol–water partition coefficient (Wildman–Crippen LogP) is 1.69. The molecule has 0 aromatic carbocycles.